The van der Waals surface area contributed by atoms with Gasteiger partial charge in [-0.2, -0.15) is 0 Å². The molecule has 0 radical (unpaired) electrons. The van der Waals surface area contributed by atoms with E-state index in [1.807, 2.05) is 0 Å². The van der Waals surface area contributed by atoms with Gasteiger partial charge in [0.15, 0.2) is 5.69 Å². The van der Waals surface area contributed by atoms with Gasteiger partial charge in [-0.1, -0.05) is 0 Å². The Kier molecular flexibility index (Phi) is 2.65. The Morgan fingerprint density at radius 1 is 1.54 bits per heavy atom. The predicted octanol–water partition coefficient (Wildman–Crippen LogP) is 1.92. The lowest BCUT2D eigenvalue weighted by Crippen LogP contribution is -2.02. The maximum Gasteiger partial charge on any atom is 0.284 e. The first-order valence-corrected chi connectivity index (χ1v) is 3.65. The fraction of sp³-hybridized carbons (Fsp3) is 0.375. The maximum absolute atomic E-state index is 12.4. The maximum atomic E-state index is 12.4. The molecule has 0 aliphatic rings. The summed E-state index contributed by atoms with van der Waals surface area (Å²) in [4.78, 5) is 3.51. The Hall–Kier alpha value is -1.39. The first kappa shape index (κ1) is 9.70. The zero-order valence-corrected chi connectivity index (χ0v) is 7.34. The number of hydrogen-bond acceptors (Lipinski definition) is 3. The van der Waals surface area contributed by atoms with Crippen molar-refractivity contribution in [2.24, 2.45) is 0 Å². The van der Waals surface area contributed by atoms with Gasteiger partial charge in [0, 0.05) is 0 Å². The molecule has 1 rings (SSSR count). The lowest BCUT2D eigenvalue weighted by Gasteiger charge is -2.10. The topological polar surface area (TPSA) is 48.1 Å². The molecule has 72 valence electrons. The molecule has 0 saturated heterocycles. The molecule has 0 aliphatic heterocycles. The molecule has 13 heavy (non-hydrogen) atoms. The normalized spacial score (nSPS) is 10.5. The second kappa shape index (κ2) is 3.55. The van der Waals surface area contributed by atoms with Crippen LogP contribution in [0.3, 0.4) is 0 Å². The van der Waals surface area contributed by atoms with E-state index in [1.54, 1.807) is 6.92 Å². The minimum absolute atomic E-state index is 0.0774. The van der Waals surface area contributed by atoms with Crippen LogP contribution in [-0.2, 0) is 0 Å². The van der Waals surface area contributed by atoms with Crippen molar-refractivity contribution >= 4 is 5.82 Å². The Morgan fingerprint density at radius 3 is 2.62 bits per heavy atom. The Labute approximate surface area is 74.5 Å². The number of ether oxygens (including phenoxy) is 1. The molecule has 0 atom stereocenters. The number of rotatable bonds is 2. The number of aromatic nitrogens is 1. The molecule has 1 aromatic rings. The van der Waals surface area contributed by atoms with Crippen LogP contribution in [0.15, 0.2) is 6.07 Å². The van der Waals surface area contributed by atoms with Crippen LogP contribution in [0, 0.1) is 6.92 Å². The molecule has 0 aromatic carbocycles. The number of aryl methyl sites for hydroxylation is 1. The number of alkyl halides is 2. The molecule has 1 heterocycles. The van der Waals surface area contributed by atoms with Gasteiger partial charge in [-0.3, -0.25) is 0 Å². The molecule has 0 amide bonds. The highest BCUT2D eigenvalue weighted by Gasteiger charge is 2.18. The van der Waals surface area contributed by atoms with E-state index in [4.69, 9.17) is 10.5 Å². The summed E-state index contributed by atoms with van der Waals surface area (Å²) >= 11 is 0. The number of pyridine rings is 1. The van der Waals surface area contributed by atoms with E-state index in [-0.39, 0.29) is 11.6 Å². The van der Waals surface area contributed by atoms with Crippen molar-refractivity contribution < 1.29 is 13.5 Å². The van der Waals surface area contributed by atoms with Crippen LogP contribution < -0.4 is 10.5 Å². The van der Waals surface area contributed by atoms with Crippen molar-refractivity contribution in [3.8, 4) is 5.75 Å². The van der Waals surface area contributed by atoms with Crippen LogP contribution in [0.1, 0.15) is 17.7 Å². The van der Waals surface area contributed by atoms with Crippen molar-refractivity contribution in [3.63, 3.8) is 0 Å². The summed E-state index contributed by atoms with van der Waals surface area (Å²) in [6.07, 6.45) is -2.67. The lowest BCUT2D eigenvalue weighted by atomic mass is 10.2. The summed E-state index contributed by atoms with van der Waals surface area (Å²) in [6.45, 7) is 1.64. The van der Waals surface area contributed by atoms with Crippen LogP contribution >= 0.6 is 0 Å². The second-order valence-electron chi connectivity index (χ2n) is 2.58. The number of methoxy groups -OCH3 is 1. The molecule has 0 fully saturated rings. The average molecular weight is 188 g/mol. The first-order chi connectivity index (χ1) is 6.06. The van der Waals surface area contributed by atoms with E-state index in [2.05, 4.69) is 4.98 Å². The predicted molar refractivity (Wildman–Crippen MR) is 44.9 cm³/mol. The number of anilines is 1. The van der Waals surface area contributed by atoms with Gasteiger partial charge in [0.25, 0.3) is 6.43 Å². The zero-order chi connectivity index (χ0) is 10.0. The molecule has 2 N–H and O–H groups in total. The van der Waals surface area contributed by atoms with Crippen LogP contribution in [0.25, 0.3) is 0 Å². The number of nitrogens with zero attached hydrogens (tertiary/aromatic N) is 1. The zero-order valence-electron chi connectivity index (χ0n) is 7.34. The van der Waals surface area contributed by atoms with Gasteiger partial charge in [-0.25, -0.2) is 13.8 Å². The third kappa shape index (κ3) is 1.85. The van der Waals surface area contributed by atoms with Crippen LogP contribution in [0.5, 0.6) is 5.75 Å². The molecular formula is C8H10F2N2O. The highest BCUT2D eigenvalue weighted by molar-refractivity contribution is 5.45. The molecule has 0 aliphatic carbocycles. The van der Waals surface area contributed by atoms with Gasteiger partial charge in [0.05, 0.1) is 7.11 Å². The Morgan fingerprint density at radius 2 is 2.15 bits per heavy atom. The molecule has 5 heteroatoms. The highest BCUT2D eigenvalue weighted by atomic mass is 19.3. The smallest absolute Gasteiger partial charge is 0.284 e. The van der Waals surface area contributed by atoms with Gasteiger partial charge in [-0.15, -0.1) is 0 Å². The van der Waals surface area contributed by atoms with Crippen molar-refractivity contribution in [2.45, 2.75) is 13.3 Å². The number of halogens is 2. The summed E-state index contributed by atoms with van der Waals surface area (Å²) < 4.78 is 29.5. The van der Waals surface area contributed by atoms with Crippen LogP contribution in [0.2, 0.25) is 0 Å². The first-order valence-electron chi connectivity index (χ1n) is 3.65. The van der Waals surface area contributed by atoms with Gasteiger partial charge < -0.3 is 10.5 Å². The van der Waals surface area contributed by atoms with Crippen molar-refractivity contribution in [3.05, 3.63) is 17.3 Å². The minimum atomic E-state index is -2.67. The van der Waals surface area contributed by atoms with Gasteiger partial charge in [0.1, 0.15) is 11.6 Å². The summed E-state index contributed by atoms with van der Waals surface area (Å²) in [6, 6.07) is 1.49. The largest absolute Gasteiger partial charge is 0.494 e. The monoisotopic (exact) mass is 188 g/mol. The molecule has 3 nitrogen and oxygen atoms in total. The summed E-state index contributed by atoms with van der Waals surface area (Å²) in [7, 11) is 1.33. The number of hydrogen-bond donors (Lipinski definition) is 1. The minimum Gasteiger partial charge on any atom is -0.494 e. The van der Waals surface area contributed by atoms with Crippen molar-refractivity contribution in [2.75, 3.05) is 12.8 Å². The Balaban J connectivity index is 3.29. The SMILES string of the molecule is COc1c(C)cc(N)nc1C(F)F. The summed E-state index contributed by atoms with van der Waals surface area (Å²) in [5.41, 5.74) is 5.48. The quantitative estimate of drug-likeness (QED) is 0.771. The second-order valence-corrected chi connectivity index (χ2v) is 2.58. The Bertz CT molecular complexity index is 315. The lowest BCUT2D eigenvalue weighted by molar-refractivity contribution is 0.141. The van der Waals surface area contributed by atoms with Crippen molar-refractivity contribution in [1.82, 2.24) is 4.98 Å². The molecule has 0 unspecified atom stereocenters. The summed E-state index contributed by atoms with van der Waals surface area (Å²) in [5, 5.41) is 0. The number of nitrogens with two attached hydrogens (primary N) is 1. The van der Waals surface area contributed by atoms with E-state index >= 15 is 0 Å². The van der Waals surface area contributed by atoms with Gasteiger partial charge >= 0.3 is 0 Å². The summed E-state index contributed by atoms with van der Waals surface area (Å²) in [5.74, 6) is 0.179. The van der Waals surface area contributed by atoms with E-state index in [0.717, 1.165) is 0 Å². The van der Waals surface area contributed by atoms with Gasteiger partial charge in [-0.05, 0) is 18.6 Å². The molecular weight excluding hydrogens is 178 g/mol. The number of nitrogen functional groups attached to an aromatic ring is 1. The van der Waals surface area contributed by atoms with Crippen LogP contribution in [-0.4, -0.2) is 12.1 Å². The molecule has 1 aromatic heterocycles. The van der Waals surface area contributed by atoms with Crippen molar-refractivity contribution in [1.29, 1.82) is 0 Å². The van der Waals surface area contributed by atoms with Crippen LogP contribution in [0.4, 0.5) is 14.6 Å². The highest BCUT2D eigenvalue weighted by Crippen LogP contribution is 2.30. The fourth-order valence-corrected chi connectivity index (χ4v) is 1.12. The molecule has 0 bridgehead atoms. The van der Waals surface area contributed by atoms with E-state index in [1.165, 1.54) is 13.2 Å². The van der Waals surface area contributed by atoms with Gasteiger partial charge in [0.2, 0.25) is 0 Å². The molecule has 0 spiro atoms. The van der Waals surface area contributed by atoms with E-state index < -0.39 is 12.1 Å². The molecule has 0 saturated carbocycles. The average Bonchev–Trinajstić information content (AvgIpc) is 2.02. The third-order valence-corrected chi connectivity index (χ3v) is 1.62. The van der Waals surface area contributed by atoms with E-state index in [0.29, 0.717) is 5.56 Å². The standard InChI is InChI=1S/C8H10F2N2O/c1-4-3-5(11)12-6(8(9)10)7(4)13-2/h3,8H,1-2H3,(H2,11,12). The van der Waals surface area contributed by atoms with E-state index in [9.17, 15) is 8.78 Å². The third-order valence-electron chi connectivity index (χ3n) is 1.62. The fourth-order valence-electron chi connectivity index (χ4n) is 1.12.